The van der Waals surface area contributed by atoms with Crippen molar-refractivity contribution in [3.63, 3.8) is 0 Å². The molecule has 0 bridgehead atoms. The van der Waals surface area contributed by atoms with Gasteiger partial charge in [-0.25, -0.2) is 4.39 Å². The minimum atomic E-state index is -0.296. The van der Waals surface area contributed by atoms with Gasteiger partial charge in [0.2, 0.25) is 5.91 Å². The molecule has 1 aliphatic rings. The molecule has 0 N–H and O–H groups in total. The number of hydrogen-bond acceptors (Lipinski definition) is 3. The molecule has 1 aromatic carbocycles. The maximum atomic E-state index is 13.2. The summed E-state index contributed by atoms with van der Waals surface area (Å²) in [5, 5.41) is 0. The highest BCUT2D eigenvalue weighted by Crippen LogP contribution is 2.22. The van der Waals surface area contributed by atoms with Crippen molar-refractivity contribution in [2.75, 3.05) is 13.1 Å². The second kappa shape index (κ2) is 8.50. The number of aryl methyl sites for hydroxylation is 1. The highest BCUT2D eigenvalue weighted by atomic mass is 19.1. The molecule has 1 saturated heterocycles. The van der Waals surface area contributed by atoms with Gasteiger partial charge in [0.05, 0.1) is 11.6 Å². The Kier molecular flexibility index (Phi) is 6.07. The van der Waals surface area contributed by atoms with Crippen LogP contribution in [0.15, 0.2) is 42.6 Å². The molecule has 0 saturated carbocycles. The van der Waals surface area contributed by atoms with Crippen molar-refractivity contribution in [1.29, 1.82) is 0 Å². The first-order valence-corrected chi connectivity index (χ1v) is 9.61. The van der Waals surface area contributed by atoms with E-state index in [9.17, 15) is 14.0 Å². The van der Waals surface area contributed by atoms with E-state index >= 15 is 0 Å². The summed E-state index contributed by atoms with van der Waals surface area (Å²) in [6.07, 6.45) is 1.86. The van der Waals surface area contributed by atoms with E-state index in [1.807, 2.05) is 17.9 Å². The third-order valence-electron chi connectivity index (χ3n) is 5.20. The van der Waals surface area contributed by atoms with Gasteiger partial charge >= 0.3 is 0 Å². The molecule has 2 amide bonds. The molecule has 0 radical (unpaired) electrons. The summed E-state index contributed by atoms with van der Waals surface area (Å²) < 4.78 is 13.2. The van der Waals surface area contributed by atoms with Gasteiger partial charge in [0.15, 0.2) is 0 Å². The lowest BCUT2D eigenvalue weighted by atomic mass is 10.0. The van der Waals surface area contributed by atoms with E-state index in [1.54, 1.807) is 29.3 Å². The first-order chi connectivity index (χ1) is 13.3. The maximum absolute atomic E-state index is 13.2. The zero-order valence-corrected chi connectivity index (χ0v) is 16.6. The van der Waals surface area contributed by atoms with Crippen molar-refractivity contribution >= 4 is 11.8 Å². The lowest BCUT2D eigenvalue weighted by Gasteiger charge is -2.34. The molecule has 2 heterocycles. The molecular formula is C22H26FN3O2. The van der Waals surface area contributed by atoms with Gasteiger partial charge in [0.25, 0.3) is 5.91 Å². The first-order valence-electron chi connectivity index (χ1n) is 9.61. The molecule has 1 fully saturated rings. The number of benzene rings is 1. The number of amides is 2. The average Bonchev–Trinajstić information content (AvgIpc) is 2.83. The lowest BCUT2D eigenvalue weighted by molar-refractivity contribution is -0.134. The minimum Gasteiger partial charge on any atom is -0.336 e. The fourth-order valence-corrected chi connectivity index (χ4v) is 3.50. The number of rotatable bonds is 4. The third-order valence-corrected chi connectivity index (χ3v) is 5.20. The van der Waals surface area contributed by atoms with Gasteiger partial charge in [0.1, 0.15) is 5.82 Å². The number of aromatic nitrogens is 1. The predicted octanol–water partition coefficient (Wildman–Crippen LogP) is 3.43. The number of pyridine rings is 1. The second-order valence-corrected chi connectivity index (χ2v) is 7.65. The highest BCUT2D eigenvalue weighted by molar-refractivity contribution is 5.94. The molecule has 3 rings (SSSR count). The number of hydrogen-bond donors (Lipinski definition) is 0. The van der Waals surface area contributed by atoms with Crippen molar-refractivity contribution in [3.05, 3.63) is 65.2 Å². The van der Waals surface area contributed by atoms with E-state index in [2.05, 4.69) is 18.8 Å². The minimum absolute atomic E-state index is 0.0142. The summed E-state index contributed by atoms with van der Waals surface area (Å²) in [7, 11) is 0. The molecule has 0 spiro atoms. The summed E-state index contributed by atoms with van der Waals surface area (Å²) in [5.41, 5.74) is 2.27. The summed E-state index contributed by atoms with van der Waals surface area (Å²) in [5.74, 6) is -0.210. The van der Waals surface area contributed by atoms with Crippen LogP contribution in [0.5, 0.6) is 0 Å². The van der Waals surface area contributed by atoms with Gasteiger partial charge in [0, 0.05) is 37.9 Å². The second-order valence-electron chi connectivity index (χ2n) is 7.65. The predicted molar refractivity (Wildman–Crippen MR) is 105 cm³/mol. The Morgan fingerprint density at radius 1 is 1.21 bits per heavy atom. The zero-order valence-electron chi connectivity index (χ0n) is 16.6. The van der Waals surface area contributed by atoms with E-state index in [-0.39, 0.29) is 36.0 Å². The van der Waals surface area contributed by atoms with E-state index in [4.69, 9.17) is 0 Å². The van der Waals surface area contributed by atoms with Gasteiger partial charge in [-0.3, -0.25) is 14.6 Å². The third kappa shape index (κ3) is 4.55. The van der Waals surface area contributed by atoms with Gasteiger partial charge in [-0.05, 0) is 42.7 Å². The van der Waals surface area contributed by atoms with E-state index in [0.29, 0.717) is 25.2 Å². The molecule has 1 atom stereocenters. The van der Waals surface area contributed by atoms with Crippen LogP contribution in [-0.2, 0) is 11.3 Å². The van der Waals surface area contributed by atoms with Gasteiger partial charge < -0.3 is 9.80 Å². The Balaban J connectivity index is 1.82. The van der Waals surface area contributed by atoms with Crippen LogP contribution in [-0.4, -0.2) is 45.7 Å². The monoisotopic (exact) mass is 383 g/mol. The standard InChI is InChI=1S/C22H26FN3O2/c1-15(2)20-14-25(22(28)18-7-4-16(3)24-12-18)11-10-21(27)26(20)13-17-5-8-19(23)9-6-17/h4-9,12,15,20H,10-11,13-14H2,1-3H3/t20-/m1/s1. The molecule has 0 aliphatic carbocycles. The molecule has 28 heavy (non-hydrogen) atoms. The number of carbonyl (C=O) groups is 2. The van der Waals surface area contributed by atoms with Gasteiger partial charge in [-0.15, -0.1) is 0 Å². The Hall–Kier alpha value is -2.76. The Morgan fingerprint density at radius 3 is 2.54 bits per heavy atom. The van der Waals surface area contributed by atoms with Crippen molar-refractivity contribution in [2.45, 2.75) is 39.8 Å². The molecule has 1 aromatic heterocycles. The quantitative estimate of drug-likeness (QED) is 0.813. The smallest absolute Gasteiger partial charge is 0.255 e. The Bertz CT molecular complexity index is 834. The molecule has 6 heteroatoms. The number of nitrogens with zero attached hydrogens (tertiary/aromatic N) is 3. The zero-order chi connectivity index (χ0) is 20.3. The summed E-state index contributed by atoms with van der Waals surface area (Å²) >= 11 is 0. The number of carbonyl (C=O) groups excluding carboxylic acids is 2. The molecule has 148 valence electrons. The molecule has 0 unspecified atom stereocenters. The topological polar surface area (TPSA) is 53.5 Å². The largest absolute Gasteiger partial charge is 0.336 e. The van der Waals surface area contributed by atoms with Crippen LogP contribution in [0, 0.1) is 18.7 Å². The van der Waals surface area contributed by atoms with Crippen molar-refractivity contribution in [3.8, 4) is 0 Å². The van der Waals surface area contributed by atoms with Crippen LogP contribution < -0.4 is 0 Å². The van der Waals surface area contributed by atoms with E-state index in [1.165, 1.54) is 12.1 Å². The van der Waals surface area contributed by atoms with E-state index in [0.717, 1.165) is 11.3 Å². The van der Waals surface area contributed by atoms with Gasteiger partial charge in [-0.2, -0.15) is 0 Å². The fourth-order valence-electron chi connectivity index (χ4n) is 3.50. The van der Waals surface area contributed by atoms with Crippen LogP contribution in [0.4, 0.5) is 4.39 Å². The molecule has 5 nitrogen and oxygen atoms in total. The van der Waals surface area contributed by atoms with Crippen LogP contribution in [0.1, 0.15) is 41.9 Å². The summed E-state index contributed by atoms with van der Waals surface area (Å²) in [6, 6.07) is 9.69. The van der Waals surface area contributed by atoms with Crippen LogP contribution in [0.25, 0.3) is 0 Å². The van der Waals surface area contributed by atoms with Crippen molar-refractivity contribution in [1.82, 2.24) is 14.8 Å². The van der Waals surface area contributed by atoms with Crippen LogP contribution in [0.2, 0.25) is 0 Å². The Morgan fingerprint density at radius 2 is 1.93 bits per heavy atom. The average molecular weight is 383 g/mol. The van der Waals surface area contributed by atoms with E-state index < -0.39 is 0 Å². The number of halogens is 1. The van der Waals surface area contributed by atoms with Crippen LogP contribution >= 0.6 is 0 Å². The fraction of sp³-hybridized carbons (Fsp3) is 0.409. The maximum Gasteiger partial charge on any atom is 0.255 e. The normalized spacial score (nSPS) is 17.8. The van der Waals surface area contributed by atoms with Crippen LogP contribution in [0.3, 0.4) is 0 Å². The highest BCUT2D eigenvalue weighted by Gasteiger charge is 2.33. The molecular weight excluding hydrogens is 357 g/mol. The van der Waals surface area contributed by atoms with Gasteiger partial charge in [-0.1, -0.05) is 26.0 Å². The van der Waals surface area contributed by atoms with Crippen molar-refractivity contribution in [2.24, 2.45) is 5.92 Å². The molecule has 2 aromatic rings. The summed E-state index contributed by atoms with van der Waals surface area (Å²) in [6.45, 7) is 7.25. The molecule has 1 aliphatic heterocycles. The first kappa shape index (κ1) is 20.0. The SMILES string of the molecule is Cc1ccc(C(=O)N2CCC(=O)N(Cc3ccc(F)cc3)[C@@H](C(C)C)C2)cn1. The Labute approximate surface area is 165 Å². The summed E-state index contributed by atoms with van der Waals surface area (Å²) in [4.78, 5) is 33.6. The van der Waals surface area contributed by atoms with Crippen molar-refractivity contribution < 1.29 is 14.0 Å². The lowest BCUT2D eigenvalue weighted by Crippen LogP contribution is -2.47.